The number of nitrogens with one attached hydrogen (secondary N) is 1. The normalized spacial score (nSPS) is 13.5. The largest absolute Gasteiger partial charge is 0.419 e. The van der Waals surface area contributed by atoms with Gasteiger partial charge < -0.3 is 5.32 Å². The van der Waals surface area contributed by atoms with Crippen LogP contribution in [0.25, 0.3) is 0 Å². The zero-order valence-electron chi connectivity index (χ0n) is 21.0. The second-order valence-electron chi connectivity index (χ2n) is 9.31. The Morgan fingerprint density at radius 1 is 0.854 bits per heavy atom. The number of rotatable bonds is 6. The number of aromatic nitrogens is 1. The number of hydrogen-bond donors (Lipinski definition) is 1. The summed E-state index contributed by atoms with van der Waals surface area (Å²) >= 11 is 5.97. The molecule has 0 aliphatic rings. The van der Waals surface area contributed by atoms with E-state index < -0.39 is 57.7 Å². The summed E-state index contributed by atoms with van der Waals surface area (Å²) in [6.07, 6.45) is -9.27. The number of amides is 1. The van der Waals surface area contributed by atoms with E-state index in [9.17, 15) is 39.9 Å². The quantitative estimate of drug-likeness (QED) is 0.227. The van der Waals surface area contributed by atoms with Crippen LogP contribution in [-0.2, 0) is 24.3 Å². The first kappa shape index (κ1) is 30.0. The van der Waals surface area contributed by atoms with Crippen molar-refractivity contribution in [1.82, 2.24) is 10.3 Å². The SMILES string of the molecule is Cc1cccc(CC(NC(=O)c2ccc(F)c(C(F)(F)F)c2)(c2cc(F)cc(C(F)(F)F)c2)c2ccc(Cl)cn2)c1. The van der Waals surface area contributed by atoms with Gasteiger partial charge in [-0.3, -0.25) is 9.78 Å². The van der Waals surface area contributed by atoms with Crippen molar-refractivity contribution in [3.63, 3.8) is 0 Å². The van der Waals surface area contributed by atoms with Crippen molar-refractivity contribution in [2.75, 3.05) is 0 Å². The Balaban J connectivity index is 1.99. The number of halogens is 9. The molecule has 3 nitrogen and oxygen atoms in total. The van der Waals surface area contributed by atoms with Crippen molar-refractivity contribution < 1.29 is 39.9 Å². The summed E-state index contributed by atoms with van der Waals surface area (Å²) in [5, 5.41) is 2.64. The molecule has 1 amide bonds. The van der Waals surface area contributed by atoms with Crippen LogP contribution in [0.3, 0.4) is 0 Å². The molecule has 12 heteroatoms. The number of carbonyl (C=O) groups excluding carboxylic acids is 1. The molecular weight excluding hydrogens is 580 g/mol. The van der Waals surface area contributed by atoms with Gasteiger partial charge in [0.1, 0.15) is 17.2 Å². The van der Waals surface area contributed by atoms with E-state index in [4.69, 9.17) is 11.6 Å². The molecule has 0 saturated heterocycles. The van der Waals surface area contributed by atoms with E-state index in [1.54, 1.807) is 31.2 Å². The molecule has 1 N–H and O–H groups in total. The summed E-state index contributed by atoms with van der Waals surface area (Å²) in [6.45, 7) is 1.74. The van der Waals surface area contributed by atoms with Crippen LogP contribution < -0.4 is 5.32 Å². The first-order chi connectivity index (χ1) is 19.1. The molecule has 3 aromatic carbocycles. The van der Waals surface area contributed by atoms with E-state index >= 15 is 0 Å². The molecule has 0 saturated carbocycles. The van der Waals surface area contributed by atoms with Crippen LogP contribution in [0.15, 0.2) is 79.0 Å². The Morgan fingerprint density at radius 2 is 1.56 bits per heavy atom. The number of pyridine rings is 1. The molecule has 0 fully saturated rings. The van der Waals surface area contributed by atoms with Gasteiger partial charge in [0.05, 0.1) is 21.8 Å². The standard InChI is InChI=1S/C29H19ClF8N2O/c1-16-3-2-4-17(9-16)14-27(25-8-6-21(30)15-39-25,19-11-20(28(33,34)35)13-22(31)12-19)40-26(41)18-5-7-24(32)23(10-18)29(36,37)38/h2-13,15H,14H2,1H3,(H,40,41). The second-order valence-corrected chi connectivity index (χ2v) is 9.74. The highest BCUT2D eigenvalue weighted by molar-refractivity contribution is 6.30. The van der Waals surface area contributed by atoms with Gasteiger partial charge >= 0.3 is 12.4 Å². The molecule has 1 aromatic heterocycles. The fourth-order valence-electron chi connectivity index (χ4n) is 4.43. The van der Waals surface area contributed by atoms with E-state index in [0.717, 1.165) is 23.9 Å². The molecule has 214 valence electrons. The fraction of sp³-hybridized carbons (Fsp3) is 0.172. The van der Waals surface area contributed by atoms with Crippen molar-refractivity contribution in [3.05, 3.63) is 135 Å². The first-order valence-electron chi connectivity index (χ1n) is 11.8. The van der Waals surface area contributed by atoms with Crippen LogP contribution in [0.5, 0.6) is 0 Å². The average Bonchev–Trinajstić information content (AvgIpc) is 2.87. The van der Waals surface area contributed by atoms with Crippen LogP contribution in [0.4, 0.5) is 35.1 Å². The Bertz CT molecular complexity index is 1590. The van der Waals surface area contributed by atoms with E-state index in [2.05, 4.69) is 10.3 Å². The van der Waals surface area contributed by atoms with Crippen molar-refractivity contribution in [1.29, 1.82) is 0 Å². The summed E-state index contributed by atoms with van der Waals surface area (Å²) in [5.74, 6) is -4.12. The summed E-state index contributed by atoms with van der Waals surface area (Å²) in [4.78, 5) is 17.7. The molecule has 0 bridgehead atoms. The molecule has 1 unspecified atom stereocenters. The molecule has 0 spiro atoms. The Hall–Kier alpha value is -3.99. The minimum atomic E-state index is -5.14. The van der Waals surface area contributed by atoms with Gasteiger partial charge in [-0.05, 0) is 66.6 Å². The van der Waals surface area contributed by atoms with Crippen LogP contribution in [0, 0.1) is 18.6 Å². The predicted octanol–water partition coefficient (Wildman–Crippen LogP) is 8.28. The monoisotopic (exact) mass is 598 g/mol. The number of alkyl halides is 6. The lowest BCUT2D eigenvalue weighted by Gasteiger charge is -2.36. The molecule has 1 atom stereocenters. The molecule has 4 aromatic rings. The topological polar surface area (TPSA) is 42.0 Å². The third-order valence-corrected chi connectivity index (χ3v) is 6.52. The number of nitrogens with zero attached hydrogens (tertiary/aromatic N) is 1. The van der Waals surface area contributed by atoms with Gasteiger partial charge in [-0.2, -0.15) is 26.3 Å². The third-order valence-electron chi connectivity index (χ3n) is 6.30. The van der Waals surface area contributed by atoms with Crippen molar-refractivity contribution in [3.8, 4) is 0 Å². The van der Waals surface area contributed by atoms with Gasteiger partial charge in [0.25, 0.3) is 5.91 Å². The van der Waals surface area contributed by atoms with Gasteiger partial charge in [-0.25, -0.2) is 8.78 Å². The van der Waals surface area contributed by atoms with Crippen molar-refractivity contribution in [2.45, 2.75) is 31.2 Å². The van der Waals surface area contributed by atoms with Gasteiger partial charge in [0, 0.05) is 18.2 Å². The lowest BCUT2D eigenvalue weighted by molar-refractivity contribution is -0.140. The molecule has 0 radical (unpaired) electrons. The maximum atomic E-state index is 14.7. The lowest BCUT2D eigenvalue weighted by Crippen LogP contribution is -2.49. The smallest absolute Gasteiger partial charge is 0.337 e. The Morgan fingerprint density at radius 3 is 2.17 bits per heavy atom. The number of hydrogen-bond acceptors (Lipinski definition) is 2. The number of carbonyl (C=O) groups is 1. The van der Waals surface area contributed by atoms with Gasteiger partial charge in [0.2, 0.25) is 0 Å². The number of benzene rings is 3. The number of aryl methyl sites for hydroxylation is 1. The third kappa shape index (κ3) is 6.67. The average molecular weight is 599 g/mol. The molecule has 0 aliphatic heterocycles. The maximum Gasteiger partial charge on any atom is 0.419 e. The molecule has 0 aliphatic carbocycles. The summed E-state index contributed by atoms with van der Waals surface area (Å²) < 4.78 is 110. The van der Waals surface area contributed by atoms with E-state index in [1.807, 2.05) is 0 Å². The Kier molecular flexibility index (Phi) is 8.13. The van der Waals surface area contributed by atoms with Crippen LogP contribution >= 0.6 is 11.6 Å². The van der Waals surface area contributed by atoms with Crippen molar-refractivity contribution in [2.24, 2.45) is 0 Å². The highest BCUT2D eigenvalue weighted by Crippen LogP contribution is 2.39. The van der Waals surface area contributed by atoms with Gasteiger partial charge in [0.15, 0.2) is 0 Å². The maximum absolute atomic E-state index is 14.7. The van der Waals surface area contributed by atoms with Crippen molar-refractivity contribution >= 4 is 17.5 Å². The minimum absolute atomic E-state index is 0.0892. The van der Waals surface area contributed by atoms with Crippen LogP contribution in [0.1, 0.15) is 43.9 Å². The van der Waals surface area contributed by atoms with Gasteiger partial charge in [-0.15, -0.1) is 0 Å². The fourth-order valence-corrected chi connectivity index (χ4v) is 4.54. The Labute approximate surface area is 233 Å². The lowest BCUT2D eigenvalue weighted by atomic mass is 9.79. The molecule has 41 heavy (non-hydrogen) atoms. The van der Waals surface area contributed by atoms with E-state index in [0.29, 0.717) is 17.7 Å². The van der Waals surface area contributed by atoms with E-state index in [1.165, 1.54) is 12.1 Å². The highest BCUT2D eigenvalue weighted by Gasteiger charge is 2.42. The minimum Gasteiger partial charge on any atom is -0.337 e. The zero-order valence-corrected chi connectivity index (χ0v) is 21.7. The van der Waals surface area contributed by atoms with E-state index in [-0.39, 0.29) is 29.3 Å². The van der Waals surface area contributed by atoms with Crippen LogP contribution in [-0.4, -0.2) is 10.9 Å². The molecular formula is C29H19ClF8N2O. The summed E-state index contributed by atoms with van der Waals surface area (Å²) in [6, 6.07) is 12.5. The summed E-state index contributed by atoms with van der Waals surface area (Å²) in [7, 11) is 0. The predicted molar refractivity (Wildman–Crippen MR) is 135 cm³/mol. The molecule has 4 rings (SSSR count). The summed E-state index contributed by atoms with van der Waals surface area (Å²) in [5.41, 5.74) is -5.07. The highest BCUT2D eigenvalue weighted by atomic mass is 35.5. The van der Waals surface area contributed by atoms with Crippen LogP contribution in [0.2, 0.25) is 5.02 Å². The first-order valence-corrected chi connectivity index (χ1v) is 12.2. The van der Waals surface area contributed by atoms with Gasteiger partial charge in [-0.1, -0.05) is 41.4 Å². The zero-order chi connectivity index (χ0) is 30.2. The second kappa shape index (κ2) is 11.1. The molecule has 1 heterocycles.